The van der Waals surface area contributed by atoms with Gasteiger partial charge < -0.3 is 0 Å². The predicted octanol–water partition coefficient (Wildman–Crippen LogP) is 5.12. The van der Waals surface area contributed by atoms with Crippen molar-refractivity contribution in [3.63, 3.8) is 0 Å². The lowest BCUT2D eigenvalue weighted by molar-refractivity contribution is -0.384. The quantitative estimate of drug-likeness (QED) is 0.487. The van der Waals surface area contributed by atoms with Gasteiger partial charge in [-0.15, -0.1) is 0 Å². The van der Waals surface area contributed by atoms with Gasteiger partial charge in [0.25, 0.3) is 5.69 Å². The largest absolute Gasteiger partial charge is 0.295 e. The number of fused-ring (bicyclic) bond motifs is 1. The summed E-state index contributed by atoms with van der Waals surface area (Å²) >= 11 is 11.9. The van der Waals surface area contributed by atoms with Crippen LogP contribution in [0.5, 0.6) is 0 Å². The number of pyridine rings is 1. The lowest BCUT2D eigenvalue weighted by Gasteiger charge is -2.08. The molecule has 0 saturated heterocycles. The van der Waals surface area contributed by atoms with Crippen molar-refractivity contribution in [3.8, 4) is 11.1 Å². The smallest absolute Gasteiger partial charge is 0.258 e. The zero-order valence-electron chi connectivity index (χ0n) is 10.6. The first-order valence-electron chi connectivity index (χ1n) is 6.05. The van der Waals surface area contributed by atoms with Crippen LogP contribution >= 0.6 is 23.2 Å². The second-order valence-corrected chi connectivity index (χ2v) is 5.32. The Morgan fingerprint density at radius 1 is 1.00 bits per heavy atom. The minimum atomic E-state index is -0.447. The van der Waals surface area contributed by atoms with E-state index in [1.165, 1.54) is 6.20 Å². The van der Waals surface area contributed by atoms with Gasteiger partial charge in [-0.25, -0.2) is 4.98 Å². The van der Waals surface area contributed by atoms with E-state index in [2.05, 4.69) is 4.98 Å². The van der Waals surface area contributed by atoms with Gasteiger partial charge in [-0.1, -0.05) is 35.3 Å². The van der Waals surface area contributed by atoms with Crippen LogP contribution in [0.25, 0.3) is 22.0 Å². The molecule has 0 N–H and O–H groups in total. The number of rotatable bonds is 2. The lowest BCUT2D eigenvalue weighted by atomic mass is 10.00. The standard InChI is InChI=1S/C15H8Cl2N2O2/c16-10-3-1-9(2-4-10)15-12-7-11(17)5-6-13(12)18-8-14(15)19(20)21/h1-8H. The summed E-state index contributed by atoms with van der Waals surface area (Å²) in [6.45, 7) is 0. The molecule has 1 aromatic heterocycles. The van der Waals surface area contributed by atoms with E-state index in [0.29, 0.717) is 32.1 Å². The fraction of sp³-hybridized carbons (Fsp3) is 0. The summed E-state index contributed by atoms with van der Waals surface area (Å²) in [6, 6.07) is 12.0. The number of aromatic nitrogens is 1. The molecule has 3 rings (SSSR count). The van der Waals surface area contributed by atoms with Gasteiger partial charge in [0.05, 0.1) is 16.0 Å². The molecular weight excluding hydrogens is 311 g/mol. The number of hydrogen-bond donors (Lipinski definition) is 0. The molecule has 3 aromatic rings. The Kier molecular flexibility index (Phi) is 3.49. The van der Waals surface area contributed by atoms with E-state index in [-0.39, 0.29) is 5.69 Å². The molecule has 0 saturated carbocycles. The molecule has 4 nitrogen and oxygen atoms in total. The van der Waals surface area contributed by atoms with Gasteiger partial charge in [-0.05, 0) is 35.9 Å². The van der Waals surface area contributed by atoms with Crippen LogP contribution in [0.1, 0.15) is 0 Å². The fourth-order valence-electron chi connectivity index (χ4n) is 2.21. The second-order valence-electron chi connectivity index (χ2n) is 4.44. The normalized spacial score (nSPS) is 10.8. The van der Waals surface area contributed by atoms with Crippen molar-refractivity contribution < 1.29 is 4.92 Å². The van der Waals surface area contributed by atoms with Crippen LogP contribution in [0.4, 0.5) is 5.69 Å². The molecule has 0 aliphatic rings. The van der Waals surface area contributed by atoms with Gasteiger partial charge >= 0.3 is 0 Å². The Labute approximate surface area is 130 Å². The van der Waals surface area contributed by atoms with Crippen LogP contribution in [0.3, 0.4) is 0 Å². The van der Waals surface area contributed by atoms with Crippen molar-refractivity contribution in [2.75, 3.05) is 0 Å². The third kappa shape index (κ3) is 2.55. The maximum absolute atomic E-state index is 11.3. The van der Waals surface area contributed by atoms with Crippen molar-refractivity contribution in [1.82, 2.24) is 4.98 Å². The Bertz CT molecular complexity index is 848. The maximum atomic E-state index is 11.3. The topological polar surface area (TPSA) is 56.0 Å². The number of nitrogens with zero attached hydrogens (tertiary/aromatic N) is 2. The summed E-state index contributed by atoms with van der Waals surface area (Å²) in [5.41, 5.74) is 1.77. The van der Waals surface area contributed by atoms with Crippen LogP contribution in [-0.2, 0) is 0 Å². The van der Waals surface area contributed by atoms with E-state index in [1.807, 2.05) is 0 Å². The Morgan fingerprint density at radius 2 is 1.67 bits per heavy atom. The zero-order valence-corrected chi connectivity index (χ0v) is 12.1. The molecule has 0 unspecified atom stereocenters. The van der Waals surface area contributed by atoms with Gasteiger partial charge in [-0.3, -0.25) is 10.1 Å². The summed E-state index contributed by atoms with van der Waals surface area (Å²) in [7, 11) is 0. The first kappa shape index (κ1) is 13.8. The first-order valence-corrected chi connectivity index (χ1v) is 6.80. The molecule has 0 aliphatic heterocycles. The molecule has 0 amide bonds. The van der Waals surface area contributed by atoms with Gasteiger partial charge in [-0.2, -0.15) is 0 Å². The molecule has 0 bridgehead atoms. The average molecular weight is 319 g/mol. The number of hydrogen-bond acceptors (Lipinski definition) is 3. The predicted molar refractivity (Wildman–Crippen MR) is 83.9 cm³/mol. The van der Waals surface area contributed by atoms with Crippen molar-refractivity contribution in [2.45, 2.75) is 0 Å². The maximum Gasteiger partial charge on any atom is 0.295 e. The van der Waals surface area contributed by atoms with E-state index in [1.54, 1.807) is 42.5 Å². The van der Waals surface area contributed by atoms with Crippen LogP contribution in [0, 0.1) is 10.1 Å². The highest BCUT2D eigenvalue weighted by Gasteiger charge is 2.19. The Balaban J connectivity index is 2.40. The van der Waals surface area contributed by atoms with Crippen molar-refractivity contribution in [1.29, 1.82) is 0 Å². The van der Waals surface area contributed by atoms with Crippen LogP contribution in [0.15, 0.2) is 48.7 Å². The first-order chi connectivity index (χ1) is 10.1. The van der Waals surface area contributed by atoms with Crippen molar-refractivity contribution in [3.05, 3.63) is 68.8 Å². The van der Waals surface area contributed by atoms with Crippen molar-refractivity contribution >= 4 is 39.8 Å². The molecule has 0 radical (unpaired) electrons. The minimum absolute atomic E-state index is 0.0629. The van der Waals surface area contributed by atoms with Gasteiger partial charge in [0, 0.05) is 15.4 Å². The van der Waals surface area contributed by atoms with Crippen molar-refractivity contribution in [2.24, 2.45) is 0 Å². The third-order valence-electron chi connectivity index (χ3n) is 3.14. The molecule has 1 heterocycles. The second kappa shape index (κ2) is 5.31. The molecule has 104 valence electrons. The molecule has 0 fully saturated rings. The SMILES string of the molecule is O=[N+]([O-])c1cnc2ccc(Cl)cc2c1-c1ccc(Cl)cc1. The molecule has 2 aromatic carbocycles. The summed E-state index contributed by atoms with van der Waals surface area (Å²) in [4.78, 5) is 15.0. The van der Waals surface area contributed by atoms with Crippen LogP contribution in [-0.4, -0.2) is 9.91 Å². The van der Waals surface area contributed by atoms with E-state index in [9.17, 15) is 10.1 Å². The van der Waals surface area contributed by atoms with E-state index < -0.39 is 4.92 Å². The highest BCUT2D eigenvalue weighted by atomic mass is 35.5. The number of nitro groups is 1. The highest BCUT2D eigenvalue weighted by molar-refractivity contribution is 6.31. The summed E-state index contributed by atoms with van der Waals surface area (Å²) < 4.78 is 0. The zero-order chi connectivity index (χ0) is 15.0. The monoisotopic (exact) mass is 318 g/mol. The average Bonchev–Trinajstić information content (AvgIpc) is 2.47. The molecule has 0 spiro atoms. The Morgan fingerprint density at radius 3 is 2.33 bits per heavy atom. The van der Waals surface area contributed by atoms with E-state index in [0.717, 1.165) is 0 Å². The highest BCUT2D eigenvalue weighted by Crippen LogP contribution is 2.37. The van der Waals surface area contributed by atoms with Gasteiger partial charge in [0.15, 0.2) is 0 Å². The van der Waals surface area contributed by atoms with Crippen LogP contribution in [0.2, 0.25) is 10.0 Å². The lowest BCUT2D eigenvalue weighted by Crippen LogP contribution is -1.95. The summed E-state index contributed by atoms with van der Waals surface area (Å²) in [5, 5.41) is 13.0. The molecular formula is C15H8Cl2N2O2. The molecule has 0 atom stereocenters. The number of halogens is 2. The third-order valence-corrected chi connectivity index (χ3v) is 3.63. The van der Waals surface area contributed by atoms with Crippen LogP contribution < -0.4 is 0 Å². The molecule has 6 heteroatoms. The molecule has 21 heavy (non-hydrogen) atoms. The van der Waals surface area contributed by atoms with Gasteiger partial charge in [0.2, 0.25) is 0 Å². The van der Waals surface area contributed by atoms with E-state index >= 15 is 0 Å². The van der Waals surface area contributed by atoms with Gasteiger partial charge in [0.1, 0.15) is 6.20 Å². The van der Waals surface area contributed by atoms with E-state index in [4.69, 9.17) is 23.2 Å². The number of benzene rings is 2. The molecule has 0 aliphatic carbocycles. The minimum Gasteiger partial charge on any atom is -0.258 e. The summed E-state index contributed by atoms with van der Waals surface area (Å²) in [5.74, 6) is 0. The fourth-order valence-corrected chi connectivity index (χ4v) is 2.51. The summed E-state index contributed by atoms with van der Waals surface area (Å²) in [6.07, 6.45) is 1.26. The Hall–Kier alpha value is -2.17.